The predicted octanol–water partition coefficient (Wildman–Crippen LogP) is 5.81. The summed E-state index contributed by atoms with van der Waals surface area (Å²) in [5.41, 5.74) is 5.75. The molecule has 0 bridgehead atoms. The van der Waals surface area contributed by atoms with Crippen molar-refractivity contribution in [1.82, 2.24) is 15.0 Å². The van der Waals surface area contributed by atoms with Crippen molar-refractivity contribution >= 4 is 27.9 Å². The van der Waals surface area contributed by atoms with Gasteiger partial charge in [-0.3, -0.25) is 9.78 Å². The molecule has 0 amide bonds. The summed E-state index contributed by atoms with van der Waals surface area (Å²) in [4.78, 5) is 23.9. The number of nitrogens with zero attached hydrogens (tertiary/aromatic N) is 2. The highest BCUT2D eigenvalue weighted by molar-refractivity contribution is 6.00. The van der Waals surface area contributed by atoms with E-state index in [1.807, 2.05) is 54.9 Å². The SMILES string of the molecule is CC(C)(C(=O)O)c1ccc(-c2c[nH]c3ncc(-c4cccc5ncccc45)cc23)cc1. The van der Waals surface area contributed by atoms with Crippen LogP contribution in [0.4, 0.5) is 0 Å². The lowest BCUT2D eigenvalue weighted by atomic mass is 9.84. The van der Waals surface area contributed by atoms with E-state index in [9.17, 15) is 9.90 Å². The molecule has 0 fully saturated rings. The number of nitrogens with one attached hydrogen (secondary N) is 1. The first-order chi connectivity index (χ1) is 14.9. The number of pyridine rings is 2. The fraction of sp³-hybridized carbons (Fsp3) is 0.115. The third-order valence-electron chi connectivity index (χ3n) is 5.94. The Kier molecular flexibility index (Phi) is 4.33. The molecule has 0 aliphatic carbocycles. The molecule has 5 heteroatoms. The van der Waals surface area contributed by atoms with Gasteiger partial charge in [-0.1, -0.05) is 42.5 Å². The molecular weight excluding hydrogens is 386 g/mol. The summed E-state index contributed by atoms with van der Waals surface area (Å²) in [5, 5.41) is 11.6. The number of hydrogen-bond donors (Lipinski definition) is 2. The number of benzene rings is 2. The summed E-state index contributed by atoms with van der Waals surface area (Å²) in [7, 11) is 0. The Morgan fingerprint density at radius 1 is 0.903 bits per heavy atom. The predicted molar refractivity (Wildman–Crippen MR) is 123 cm³/mol. The van der Waals surface area contributed by atoms with Gasteiger partial charge in [-0.05, 0) is 48.7 Å². The normalized spacial score (nSPS) is 11.8. The lowest BCUT2D eigenvalue weighted by molar-refractivity contribution is -0.142. The van der Waals surface area contributed by atoms with Crippen molar-refractivity contribution in [3.63, 3.8) is 0 Å². The highest BCUT2D eigenvalue weighted by Crippen LogP contribution is 2.34. The van der Waals surface area contributed by atoms with Crippen molar-refractivity contribution < 1.29 is 9.90 Å². The van der Waals surface area contributed by atoms with E-state index >= 15 is 0 Å². The number of rotatable bonds is 4. The average Bonchev–Trinajstić information content (AvgIpc) is 3.22. The van der Waals surface area contributed by atoms with E-state index in [2.05, 4.69) is 33.2 Å². The second-order valence-corrected chi connectivity index (χ2v) is 8.21. The molecule has 2 N–H and O–H groups in total. The molecule has 3 aromatic heterocycles. The Balaban J connectivity index is 1.61. The van der Waals surface area contributed by atoms with Crippen molar-refractivity contribution in [3.8, 4) is 22.3 Å². The average molecular weight is 407 g/mol. The third-order valence-corrected chi connectivity index (χ3v) is 5.94. The van der Waals surface area contributed by atoms with Crippen LogP contribution in [-0.4, -0.2) is 26.0 Å². The van der Waals surface area contributed by atoms with Crippen molar-refractivity contribution in [3.05, 3.63) is 84.8 Å². The van der Waals surface area contributed by atoms with E-state index in [4.69, 9.17) is 0 Å². The molecule has 5 rings (SSSR count). The second kappa shape index (κ2) is 7.06. The largest absolute Gasteiger partial charge is 0.481 e. The van der Waals surface area contributed by atoms with Crippen LogP contribution in [0.1, 0.15) is 19.4 Å². The Morgan fingerprint density at radius 3 is 2.48 bits per heavy atom. The molecule has 0 unspecified atom stereocenters. The lowest BCUT2D eigenvalue weighted by Crippen LogP contribution is -2.28. The third kappa shape index (κ3) is 3.15. The van der Waals surface area contributed by atoms with Crippen LogP contribution in [0, 0.1) is 0 Å². The van der Waals surface area contributed by atoms with Crippen molar-refractivity contribution in [2.45, 2.75) is 19.3 Å². The van der Waals surface area contributed by atoms with Crippen LogP contribution in [-0.2, 0) is 10.2 Å². The molecule has 0 saturated heterocycles. The maximum absolute atomic E-state index is 11.6. The zero-order valence-corrected chi connectivity index (χ0v) is 17.3. The number of hydrogen-bond acceptors (Lipinski definition) is 3. The maximum atomic E-state index is 11.6. The molecule has 0 aliphatic rings. The monoisotopic (exact) mass is 407 g/mol. The minimum absolute atomic E-state index is 0.769. The summed E-state index contributed by atoms with van der Waals surface area (Å²) in [6, 6.07) is 20.0. The number of H-pyrrole nitrogens is 1. The van der Waals surface area contributed by atoms with Gasteiger partial charge in [-0.2, -0.15) is 0 Å². The summed E-state index contributed by atoms with van der Waals surface area (Å²) in [5.74, 6) is -0.842. The lowest BCUT2D eigenvalue weighted by Gasteiger charge is -2.19. The molecule has 0 radical (unpaired) electrons. The number of carboxylic acids is 1. The number of carbonyl (C=O) groups is 1. The Hall–Kier alpha value is -3.99. The van der Waals surface area contributed by atoms with Crippen LogP contribution in [0.3, 0.4) is 0 Å². The van der Waals surface area contributed by atoms with Gasteiger partial charge in [0, 0.05) is 40.5 Å². The quantitative estimate of drug-likeness (QED) is 0.394. The van der Waals surface area contributed by atoms with Gasteiger partial charge in [0.1, 0.15) is 5.65 Å². The van der Waals surface area contributed by atoms with E-state index in [1.54, 1.807) is 20.0 Å². The van der Waals surface area contributed by atoms with Gasteiger partial charge < -0.3 is 10.1 Å². The molecule has 2 aromatic carbocycles. The van der Waals surface area contributed by atoms with Crippen LogP contribution in [0.25, 0.3) is 44.2 Å². The van der Waals surface area contributed by atoms with E-state index in [1.165, 1.54) is 0 Å². The number of aromatic nitrogens is 3. The molecule has 0 aliphatic heterocycles. The highest BCUT2D eigenvalue weighted by Gasteiger charge is 2.29. The molecule has 0 saturated carbocycles. The van der Waals surface area contributed by atoms with Crippen LogP contribution < -0.4 is 0 Å². The first-order valence-corrected chi connectivity index (χ1v) is 10.1. The topological polar surface area (TPSA) is 78.9 Å². The van der Waals surface area contributed by atoms with Gasteiger partial charge >= 0.3 is 5.97 Å². The van der Waals surface area contributed by atoms with E-state index in [0.29, 0.717) is 0 Å². The van der Waals surface area contributed by atoms with Gasteiger partial charge in [0.05, 0.1) is 10.9 Å². The van der Waals surface area contributed by atoms with Crippen LogP contribution in [0.2, 0.25) is 0 Å². The Morgan fingerprint density at radius 2 is 1.71 bits per heavy atom. The number of aliphatic carboxylic acids is 1. The Bertz CT molecular complexity index is 1430. The summed E-state index contributed by atoms with van der Waals surface area (Å²) in [6.07, 6.45) is 5.62. The van der Waals surface area contributed by atoms with Crippen molar-refractivity contribution in [2.24, 2.45) is 0 Å². The van der Waals surface area contributed by atoms with Crippen molar-refractivity contribution in [1.29, 1.82) is 0 Å². The minimum atomic E-state index is -0.935. The number of fused-ring (bicyclic) bond motifs is 2. The molecule has 0 atom stereocenters. The van der Waals surface area contributed by atoms with E-state index < -0.39 is 11.4 Å². The fourth-order valence-electron chi connectivity index (χ4n) is 3.93. The first-order valence-electron chi connectivity index (χ1n) is 10.1. The molecule has 5 nitrogen and oxygen atoms in total. The molecule has 3 heterocycles. The smallest absolute Gasteiger partial charge is 0.313 e. The Labute approximate surface area is 179 Å². The van der Waals surface area contributed by atoms with Gasteiger partial charge in [0.25, 0.3) is 0 Å². The van der Waals surface area contributed by atoms with E-state index in [-0.39, 0.29) is 0 Å². The zero-order chi connectivity index (χ0) is 21.6. The van der Waals surface area contributed by atoms with E-state index in [0.717, 1.165) is 49.8 Å². The minimum Gasteiger partial charge on any atom is -0.481 e. The zero-order valence-electron chi connectivity index (χ0n) is 17.3. The van der Waals surface area contributed by atoms with Gasteiger partial charge in [-0.15, -0.1) is 0 Å². The van der Waals surface area contributed by atoms with Gasteiger partial charge in [0.15, 0.2) is 0 Å². The fourth-order valence-corrected chi connectivity index (χ4v) is 3.93. The number of aromatic amines is 1. The summed E-state index contributed by atoms with van der Waals surface area (Å²) < 4.78 is 0. The molecule has 31 heavy (non-hydrogen) atoms. The maximum Gasteiger partial charge on any atom is 0.313 e. The molecule has 5 aromatic rings. The molecule has 0 spiro atoms. The highest BCUT2D eigenvalue weighted by atomic mass is 16.4. The standard InChI is InChI=1S/C26H21N3O2/c1-26(2,25(30)31)18-10-8-16(9-11-18)22-15-29-24-21(22)13-17(14-28-24)19-5-3-7-23-20(19)6-4-12-27-23/h3-15H,1-2H3,(H,28,29)(H,30,31). The first kappa shape index (κ1) is 19.0. The van der Waals surface area contributed by atoms with Gasteiger partial charge in [-0.25, -0.2) is 4.98 Å². The molecular formula is C26H21N3O2. The molecule has 152 valence electrons. The van der Waals surface area contributed by atoms with Gasteiger partial charge in [0.2, 0.25) is 0 Å². The van der Waals surface area contributed by atoms with Crippen LogP contribution in [0.5, 0.6) is 0 Å². The van der Waals surface area contributed by atoms with Crippen LogP contribution in [0.15, 0.2) is 79.3 Å². The summed E-state index contributed by atoms with van der Waals surface area (Å²) >= 11 is 0. The van der Waals surface area contributed by atoms with Crippen LogP contribution >= 0.6 is 0 Å². The van der Waals surface area contributed by atoms with Crippen molar-refractivity contribution in [2.75, 3.05) is 0 Å². The number of carboxylic acid groups (broad SMARTS) is 1. The summed E-state index contributed by atoms with van der Waals surface area (Å²) in [6.45, 7) is 3.43. The second-order valence-electron chi connectivity index (χ2n) is 8.21.